The largest absolute Gasteiger partial charge is 0.405 e. The van der Waals surface area contributed by atoms with Crippen molar-refractivity contribution in [1.82, 2.24) is 0 Å². The minimum Gasteiger partial charge on any atom is -0.405 e. The van der Waals surface area contributed by atoms with Gasteiger partial charge in [-0.3, -0.25) is 0 Å². The Labute approximate surface area is 333 Å². The van der Waals surface area contributed by atoms with E-state index >= 15 is 0 Å². The van der Waals surface area contributed by atoms with Crippen LogP contribution in [0.2, 0.25) is 0 Å². The first-order valence-corrected chi connectivity index (χ1v) is 20.6. The number of rotatable bonds is 9. The molecule has 9 rings (SSSR count). The molecule has 0 heterocycles. The summed E-state index contributed by atoms with van der Waals surface area (Å²) < 4.78 is 0. The van der Waals surface area contributed by atoms with Crippen LogP contribution >= 0.6 is 0 Å². The van der Waals surface area contributed by atoms with Gasteiger partial charge in [-0.2, -0.15) is 0 Å². The molecule has 4 aliphatic carbocycles. The van der Waals surface area contributed by atoms with Crippen LogP contribution in [-0.2, 0) is 6.42 Å². The third-order valence-electron chi connectivity index (χ3n) is 12.8. The zero-order valence-corrected chi connectivity index (χ0v) is 32.8. The molecule has 5 aromatic carbocycles. The molecule has 1 fully saturated rings. The maximum absolute atomic E-state index is 6.03. The van der Waals surface area contributed by atoms with E-state index in [1.807, 2.05) is 6.08 Å². The maximum Gasteiger partial charge on any atom is 0.0118 e. The Bertz CT molecular complexity index is 2570. The maximum atomic E-state index is 6.03. The average molecular weight is 726 g/mol. The quantitative estimate of drug-likeness (QED) is 0.150. The van der Waals surface area contributed by atoms with E-state index < -0.39 is 0 Å². The molecule has 1 nitrogen and oxygen atoms in total. The molecule has 4 aliphatic rings. The van der Waals surface area contributed by atoms with Crippen LogP contribution < -0.4 is 5.73 Å². The van der Waals surface area contributed by atoms with Crippen molar-refractivity contribution >= 4 is 34.6 Å². The van der Waals surface area contributed by atoms with E-state index in [1.54, 1.807) is 6.20 Å². The summed E-state index contributed by atoms with van der Waals surface area (Å²) in [5.41, 5.74) is 25.8. The second-order valence-corrected chi connectivity index (χ2v) is 16.2. The Hall–Kier alpha value is -5.92. The van der Waals surface area contributed by atoms with Crippen LogP contribution in [0, 0.1) is 12.8 Å². The van der Waals surface area contributed by atoms with Gasteiger partial charge in [0.1, 0.15) is 0 Å². The van der Waals surface area contributed by atoms with Gasteiger partial charge < -0.3 is 5.73 Å². The highest BCUT2D eigenvalue weighted by Gasteiger charge is 2.32. The minimum absolute atomic E-state index is 0.233. The molecule has 2 unspecified atom stereocenters. The number of fused-ring (bicyclic) bond motifs is 3. The van der Waals surface area contributed by atoms with Crippen molar-refractivity contribution in [2.24, 2.45) is 11.7 Å². The standard InChI is InChI=1S/C55H51N/c1-36-20-30-50(53(42-15-10-16-42)37(2)21-22-39(32-33-56)38(3)45-28-23-40-12-8-9-14-46(40)35-45)52(34-36)41-24-26-44(27-25-41)55-49-19-11-18-47(49)48-17-7-5-4-6-13-43-29-31-51(55)54(43)48/h4-5,7-9,11-12,14,17-18,20-35,42-43,53H,2,6,10,13,15-16,19,56H2,1,3H3/b5-4-,17-7?,22-21-,33-32-,39-38-. The molecule has 0 aromatic heterocycles. The van der Waals surface area contributed by atoms with Crippen molar-refractivity contribution in [1.29, 1.82) is 0 Å². The van der Waals surface area contributed by atoms with Crippen LogP contribution in [0.25, 0.3) is 56.8 Å². The highest BCUT2D eigenvalue weighted by molar-refractivity contribution is 5.93. The van der Waals surface area contributed by atoms with Crippen molar-refractivity contribution in [3.63, 3.8) is 0 Å². The van der Waals surface area contributed by atoms with Gasteiger partial charge in [-0.25, -0.2) is 0 Å². The van der Waals surface area contributed by atoms with Gasteiger partial charge in [0.25, 0.3) is 0 Å². The molecule has 1 heteroatoms. The number of allylic oxidation sites excluding steroid dienone is 11. The third kappa shape index (κ3) is 6.60. The average Bonchev–Trinajstić information content (AvgIpc) is 3.88. The van der Waals surface area contributed by atoms with E-state index in [1.165, 1.54) is 102 Å². The van der Waals surface area contributed by atoms with Gasteiger partial charge in [0, 0.05) is 11.8 Å². The summed E-state index contributed by atoms with van der Waals surface area (Å²) in [5.74, 6) is 1.27. The zero-order chi connectivity index (χ0) is 38.2. The van der Waals surface area contributed by atoms with Crippen LogP contribution in [0.3, 0.4) is 0 Å². The first kappa shape index (κ1) is 35.8. The Morgan fingerprint density at radius 2 is 1.59 bits per heavy atom. The molecule has 56 heavy (non-hydrogen) atoms. The molecule has 0 aliphatic heterocycles. The van der Waals surface area contributed by atoms with Crippen LogP contribution in [0.1, 0.15) is 95.4 Å². The highest BCUT2D eigenvalue weighted by atomic mass is 14.5. The summed E-state index contributed by atoms with van der Waals surface area (Å²) in [4.78, 5) is 0. The van der Waals surface area contributed by atoms with Gasteiger partial charge in [0.2, 0.25) is 0 Å². The SMILES string of the molecule is C=C(\C=C/C(/C=C\N)=C(\C)c1ccc2ccccc2c1)C(c1ccc(C)cc1-c1ccc(-c2c3c4c(c5c2CC=C5)C=C/C=C\CCC4C=C3)cc1)C1CCC1. The van der Waals surface area contributed by atoms with Crippen molar-refractivity contribution in [2.75, 3.05) is 0 Å². The molecular formula is C55H51N. The van der Waals surface area contributed by atoms with Gasteiger partial charge in [0.05, 0.1) is 0 Å². The summed E-state index contributed by atoms with van der Waals surface area (Å²) >= 11 is 0. The molecular weight excluding hydrogens is 675 g/mol. The van der Waals surface area contributed by atoms with Gasteiger partial charge in [-0.15, -0.1) is 0 Å². The number of aryl methyl sites for hydroxylation is 1. The topological polar surface area (TPSA) is 26.0 Å². The molecule has 0 spiro atoms. The molecule has 5 aromatic rings. The zero-order valence-electron chi connectivity index (χ0n) is 32.8. The Morgan fingerprint density at radius 1 is 0.768 bits per heavy atom. The second kappa shape index (κ2) is 15.3. The van der Waals surface area contributed by atoms with Crippen molar-refractivity contribution < 1.29 is 0 Å². The summed E-state index contributed by atoms with van der Waals surface area (Å²) in [5, 5.41) is 2.49. The summed E-state index contributed by atoms with van der Waals surface area (Å²) in [6.45, 7) is 9.18. The molecule has 2 N–H and O–H groups in total. The van der Waals surface area contributed by atoms with E-state index in [4.69, 9.17) is 12.3 Å². The normalized spacial score (nSPS) is 18.7. The molecule has 0 radical (unpaired) electrons. The second-order valence-electron chi connectivity index (χ2n) is 16.2. The van der Waals surface area contributed by atoms with Gasteiger partial charge in [-0.05, 0) is 159 Å². The molecule has 1 saturated carbocycles. The molecule has 0 amide bonds. The lowest BCUT2D eigenvalue weighted by atomic mass is 9.68. The Morgan fingerprint density at radius 3 is 2.39 bits per heavy atom. The number of nitrogens with two attached hydrogens (primary N) is 1. The lowest BCUT2D eigenvalue weighted by Crippen LogP contribution is -2.22. The van der Waals surface area contributed by atoms with E-state index in [0.29, 0.717) is 11.8 Å². The predicted molar refractivity (Wildman–Crippen MR) is 242 cm³/mol. The predicted octanol–water partition coefficient (Wildman–Crippen LogP) is 14.5. The lowest BCUT2D eigenvalue weighted by Gasteiger charge is -2.36. The number of hydrogen-bond acceptors (Lipinski definition) is 1. The van der Waals surface area contributed by atoms with E-state index in [2.05, 4.69) is 160 Å². The van der Waals surface area contributed by atoms with Crippen molar-refractivity contribution in [3.05, 3.63) is 202 Å². The van der Waals surface area contributed by atoms with Gasteiger partial charge in [-0.1, -0.05) is 158 Å². The molecule has 0 bridgehead atoms. The monoisotopic (exact) mass is 725 g/mol. The lowest BCUT2D eigenvalue weighted by molar-refractivity contribution is 0.284. The van der Waals surface area contributed by atoms with Gasteiger partial charge in [0.15, 0.2) is 0 Å². The first-order chi connectivity index (χ1) is 27.5. The van der Waals surface area contributed by atoms with Crippen molar-refractivity contribution in [3.8, 4) is 22.3 Å². The smallest absolute Gasteiger partial charge is 0.0118 e. The van der Waals surface area contributed by atoms with Crippen LogP contribution in [0.4, 0.5) is 0 Å². The van der Waals surface area contributed by atoms with E-state index in [-0.39, 0.29) is 5.92 Å². The molecule has 0 saturated heterocycles. The molecule has 276 valence electrons. The fourth-order valence-corrected chi connectivity index (χ4v) is 9.65. The van der Waals surface area contributed by atoms with E-state index in [0.717, 1.165) is 30.4 Å². The van der Waals surface area contributed by atoms with Crippen LogP contribution in [-0.4, -0.2) is 0 Å². The highest BCUT2D eigenvalue weighted by Crippen LogP contribution is 2.49. The fourth-order valence-electron chi connectivity index (χ4n) is 9.65. The minimum atomic E-state index is 0.233. The van der Waals surface area contributed by atoms with Crippen LogP contribution in [0.15, 0.2) is 157 Å². The summed E-state index contributed by atoms with van der Waals surface area (Å²) in [7, 11) is 0. The first-order valence-electron chi connectivity index (χ1n) is 20.6. The van der Waals surface area contributed by atoms with Crippen LogP contribution in [0.5, 0.6) is 0 Å². The Balaban J connectivity index is 1.07. The fraction of sp³-hybridized carbons (Fsp3) is 0.200. The van der Waals surface area contributed by atoms with Crippen molar-refractivity contribution in [2.45, 2.75) is 64.2 Å². The number of hydrogen-bond donors (Lipinski definition) is 1. The third-order valence-corrected chi connectivity index (χ3v) is 12.8. The molecule has 2 atom stereocenters. The summed E-state index contributed by atoms with van der Waals surface area (Å²) in [6.07, 6.45) is 33.8. The van der Waals surface area contributed by atoms with E-state index in [9.17, 15) is 0 Å². The number of benzene rings is 5. The summed E-state index contributed by atoms with van der Waals surface area (Å²) in [6, 6.07) is 31.8. The van der Waals surface area contributed by atoms with Gasteiger partial charge >= 0.3 is 0 Å². The Kier molecular flexibility index (Phi) is 9.78.